The number of likely N-dealkylation sites (tertiary alicyclic amines) is 1. The molecule has 4 N–H and O–H groups in total. The third kappa shape index (κ3) is 18.3. The van der Waals surface area contributed by atoms with Crippen molar-refractivity contribution in [3.8, 4) is 56.4 Å². The fourth-order valence-electron chi connectivity index (χ4n) is 21.2. The molecule has 0 spiro atoms. The molecule has 0 unspecified atom stereocenters. The van der Waals surface area contributed by atoms with Crippen molar-refractivity contribution in [3.63, 3.8) is 0 Å². The molecule has 702 valence electrons. The van der Waals surface area contributed by atoms with Crippen LogP contribution < -0.4 is 69.8 Å². The summed E-state index contributed by atoms with van der Waals surface area (Å²) in [5.74, 6) is 4.63. The topological polar surface area (TPSA) is 350 Å². The third-order valence-electron chi connectivity index (χ3n) is 28.3. The molecule has 11 aromatic heterocycles. The molecular formula is C101H113N31O5. The van der Waals surface area contributed by atoms with Crippen LogP contribution in [-0.2, 0) is 0 Å². The number of hydrogen-bond donors (Lipinski definition) is 4. The Morgan fingerprint density at radius 1 is 0.358 bits per heavy atom. The van der Waals surface area contributed by atoms with E-state index in [9.17, 15) is 24.0 Å². The van der Waals surface area contributed by atoms with E-state index < -0.39 is 0 Å². The molecule has 25 rings (SSSR count). The number of hydrogen-bond acceptors (Lipinski definition) is 25. The number of aromatic amines is 1. The summed E-state index contributed by atoms with van der Waals surface area (Å²) in [6.07, 6.45) is 28.1. The Labute approximate surface area is 795 Å². The highest BCUT2D eigenvalue weighted by atomic mass is 16.2. The Balaban J connectivity index is 0.000000102. The van der Waals surface area contributed by atoms with Gasteiger partial charge in [0.2, 0.25) is 0 Å². The number of rotatable bonds is 9. The van der Waals surface area contributed by atoms with E-state index in [2.05, 4.69) is 157 Å². The number of urea groups is 5. The van der Waals surface area contributed by atoms with Gasteiger partial charge in [0.1, 0.15) is 0 Å². The van der Waals surface area contributed by atoms with Crippen LogP contribution in [-0.4, -0.2) is 277 Å². The van der Waals surface area contributed by atoms with Crippen LogP contribution in [0.15, 0.2) is 189 Å². The van der Waals surface area contributed by atoms with Gasteiger partial charge in [-0.1, -0.05) is 25.0 Å². The molecule has 36 nitrogen and oxygen atoms in total. The Bertz CT molecular complexity index is 6460. The smallest absolute Gasteiger partial charge is 0.329 e. The number of H-pyrrole nitrogens is 1. The number of piperazine rings is 1. The van der Waals surface area contributed by atoms with Crippen LogP contribution in [0.1, 0.15) is 87.7 Å². The summed E-state index contributed by atoms with van der Waals surface area (Å²) in [5, 5.41) is 15.8. The van der Waals surface area contributed by atoms with Crippen LogP contribution in [0.4, 0.5) is 98.8 Å². The second-order valence-electron chi connectivity index (χ2n) is 37.5. The van der Waals surface area contributed by atoms with Gasteiger partial charge in [-0.3, -0.25) is 65.2 Å². The van der Waals surface area contributed by atoms with Crippen LogP contribution in [0.2, 0.25) is 0 Å². The molecule has 5 atom stereocenters. The van der Waals surface area contributed by atoms with Crippen LogP contribution in [0.3, 0.4) is 0 Å². The molecule has 7 saturated heterocycles. The van der Waals surface area contributed by atoms with Gasteiger partial charge in [-0.25, -0.2) is 58.9 Å². The minimum Gasteiger partial charge on any atom is -0.378 e. The molecule has 12 aliphatic heterocycles. The van der Waals surface area contributed by atoms with Gasteiger partial charge in [-0.15, -0.1) is 0 Å². The van der Waals surface area contributed by atoms with Gasteiger partial charge >= 0.3 is 30.2 Å². The summed E-state index contributed by atoms with van der Waals surface area (Å²) in [7, 11) is 6.14. The number of likely N-dealkylation sites (N-methyl/N-ethyl adjacent to an activating group) is 1. The first-order valence-corrected chi connectivity index (χ1v) is 47.9. The lowest BCUT2D eigenvalue weighted by Crippen LogP contribution is -2.56. The van der Waals surface area contributed by atoms with Crippen molar-refractivity contribution in [2.24, 2.45) is 0 Å². The average Bonchev–Trinajstić information content (AvgIpc) is 1.40. The van der Waals surface area contributed by atoms with E-state index in [1.807, 2.05) is 151 Å². The number of nitrogens with one attached hydrogen (secondary N) is 4. The summed E-state index contributed by atoms with van der Waals surface area (Å²) in [6.45, 7) is 20.2. The van der Waals surface area contributed by atoms with Crippen molar-refractivity contribution in [1.29, 1.82) is 0 Å². The number of aryl methyl sites for hydroxylation is 3. The predicted molar refractivity (Wildman–Crippen MR) is 531 cm³/mol. The standard InChI is InChI=1S/C22H23N7O.C21H26N6O.C21H25N5O.C20H23N5O.C17H16N8O/c1-27(2)16-5-3-4-15(12-16)18-6-7-19-21(25-18)29(17-8-11-28(19)14-17)22(30)26-20-13-23-9-10-24-20;1-15-13-16(5-7-22-15)18-3-4-19-20(23-18)27(17-6-8-26(19)14-17)21(28)25-11-9-24(2)10-12-25;1-14-12-15(8-10-22-14)18-6-7-19-20(24-18)26(17-9-11-25(19)13-17)21(27)23-16-4-2-3-5-16;1-14-12-15(6-8-21-14)17-4-5-18-19(22-17)25(16-7-11-24(18)13-16)20(26)23-9-2-3-10-23;26-17(22-15-9-18-6-7-19-15)25-11-4-8-24(10-11)14-2-1-12(21-16(14)25)13-3-5-20-23-13/h3-7,9-10,12-13,17H,8,11,14H2,1-2H3,(H,24,26,30);3-5,7,13,17H,6,8-12,14H2,1-2H3;6-8,10,12,16-17H,2-5,9,11,13H2,1H3,(H,23,27);4-6,8,12,16H,2-3,7,9-11,13H2,1H3;1-3,5-7,9,11H,4,8,10H2,(H,20,23)(H,19,22,26)/t3*17-;16-;11-/m00000/s1. The first kappa shape index (κ1) is 88.5. The Kier molecular flexibility index (Phi) is 24.8. The number of fused-ring (bicyclic) bond motifs is 20. The monoisotopic (exact) mass is 1840 g/mol. The molecule has 10 amide bonds. The number of amides is 10. The lowest BCUT2D eigenvalue weighted by molar-refractivity contribution is 0.157. The van der Waals surface area contributed by atoms with Gasteiger partial charge in [-0.2, -0.15) is 5.10 Å². The number of carbonyl (C=O) groups is 5. The maximum atomic E-state index is 13.5. The second-order valence-corrected chi connectivity index (χ2v) is 37.5. The Morgan fingerprint density at radius 3 is 1.11 bits per heavy atom. The average molecular weight is 1840 g/mol. The molecule has 36 heteroatoms. The van der Waals surface area contributed by atoms with Gasteiger partial charge in [-0.05, 0) is 201 Å². The highest BCUT2D eigenvalue weighted by Gasteiger charge is 2.48. The van der Waals surface area contributed by atoms with Crippen LogP contribution in [0.5, 0.6) is 0 Å². The van der Waals surface area contributed by atoms with E-state index in [0.29, 0.717) is 29.3 Å². The molecule has 137 heavy (non-hydrogen) atoms. The Morgan fingerprint density at radius 2 is 0.730 bits per heavy atom. The number of aromatic nitrogens is 14. The maximum absolute atomic E-state index is 13.5. The molecule has 8 fully saturated rings. The molecule has 10 bridgehead atoms. The van der Waals surface area contributed by atoms with E-state index in [0.717, 1.165) is 288 Å². The van der Waals surface area contributed by atoms with E-state index >= 15 is 0 Å². The molecule has 12 aromatic rings. The second kappa shape index (κ2) is 38.3. The summed E-state index contributed by atoms with van der Waals surface area (Å²) >= 11 is 0. The van der Waals surface area contributed by atoms with Gasteiger partial charge in [0.05, 0.1) is 105 Å². The summed E-state index contributed by atoms with van der Waals surface area (Å²) < 4.78 is 0. The van der Waals surface area contributed by atoms with Crippen LogP contribution in [0.25, 0.3) is 56.4 Å². The quantitative estimate of drug-likeness (QED) is 0.104. The number of carbonyl (C=O) groups excluding carboxylic acids is 5. The van der Waals surface area contributed by atoms with Gasteiger partial charge in [0, 0.05) is 219 Å². The zero-order chi connectivity index (χ0) is 93.5. The van der Waals surface area contributed by atoms with E-state index in [1.54, 1.807) is 47.0 Å². The number of nitrogens with zero attached hydrogens (tertiary/aromatic N) is 27. The van der Waals surface area contributed by atoms with Crippen molar-refractivity contribution >= 4 is 105 Å². The molecule has 1 aromatic carbocycles. The lowest BCUT2D eigenvalue weighted by atomic mass is 10.1. The SMILES string of the molecule is CN(C)c1cccc(-c2ccc3c(n2)N(C(=O)Nc2cnccn2)[C@H]2CCN3C2)c1.Cc1cc(-c2ccc3c(n2)N(C(=O)N2CCCC2)[C@H]2CCN3C2)ccn1.Cc1cc(-c2ccc3c(n2)N(C(=O)N2CCN(C)CC2)[C@H]2CCN3C2)ccn1.Cc1cc(-c2ccc3c(n2)N(C(=O)NC2CCCC2)[C@H]2CCN3C2)ccn1.O=C(Nc1cnccn1)N1c2nc(-c3ccn[nH]3)ccc2N2CC[C@H]1C2. The lowest BCUT2D eigenvalue weighted by Gasteiger charge is -2.41. The number of benzene rings is 1. The molecule has 0 radical (unpaired) electrons. The minimum absolute atomic E-state index is 0.0188. The minimum atomic E-state index is -0.243. The fourth-order valence-corrected chi connectivity index (χ4v) is 21.2. The Hall–Kier alpha value is -15.1. The van der Waals surface area contributed by atoms with Gasteiger partial charge < -0.3 is 49.4 Å². The molecular weight excluding hydrogens is 1730 g/mol. The predicted octanol–water partition coefficient (Wildman–Crippen LogP) is 13.9. The highest BCUT2D eigenvalue weighted by Crippen LogP contribution is 2.47. The van der Waals surface area contributed by atoms with Crippen LogP contribution >= 0.6 is 0 Å². The molecule has 1 saturated carbocycles. The molecule has 23 heterocycles. The normalized spacial score (nSPS) is 19.8. The van der Waals surface area contributed by atoms with E-state index in [4.69, 9.17) is 24.9 Å². The van der Waals surface area contributed by atoms with Crippen molar-refractivity contribution in [1.82, 2.24) is 90.0 Å². The molecule has 1 aliphatic carbocycles. The fraction of sp³-hybridized carbons (Fsp3) is 0.386. The highest BCUT2D eigenvalue weighted by molar-refractivity contribution is 6.06. The first-order valence-electron chi connectivity index (χ1n) is 47.9. The zero-order valence-corrected chi connectivity index (χ0v) is 78.1. The number of anilines is 13. The largest absolute Gasteiger partial charge is 0.378 e. The van der Waals surface area contributed by atoms with Gasteiger partial charge in [0.25, 0.3) is 0 Å². The van der Waals surface area contributed by atoms with E-state index in [1.165, 1.54) is 19.0 Å². The summed E-state index contributed by atoms with van der Waals surface area (Å²) in [4.78, 5) is 149. The zero-order valence-electron chi connectivity index (χ0n) is 78.1. The van der Waals surface area contributed by atoms with E-state index in [-0.39, 0.29) is 60.4 Å². The van der Waals surface area contributed by atoms with Crippen LogP contribution in [0, 0.1) is 20.8 Å². The number of pyridine rings is 8. The van der Waals surface area contributed by atoms with Crippen molar-refractivity contribution in [2.75, 3.05) is 190 Å². The third-order valence-corrected chi connectivity index (χ3v) is 28.3. The van der Waals surface area contributed by atoms with Crippen molar-refractivity contribution < 1.29 is 24.0 Å². The van der Waals surface area contributed by atoms with Crippen molar-refractivity contribution in [3.05, 3.63) is 206 Å². The first-order chi connectivity index (χ1) is 66.9. The molecule has 13 aliphatic rings. The summed E-state index contributed by atoms with van der Waals surface area (Å²) in [5.41, 5.74) is 18.4. The maximum Gasteiger partial charge on any atom is 0.329 e. The van der Waals surface area contributed by atoms with Crippen molar-refractivity contribution in [2.45, 2.75) is 128 Å². The van der Waals surface area contributed by atoms with Gasteiger partial charge in [0.15, 0.2) is 40.7 Å². The summed E-state index contributed by atoms with van der Waals surface area (Å²) in [6, 6.07) is 43.7.